The molecule has 2 fully saturated rings. The van der Waals surface area contributed by atoms with Crippen LogP contribution in [-0.2, 0) is 15.9 Å². The van der Waals surface area contributed by atoms with Gasteiger partial charge >= 0.3 is 12.2 Å². The fourth-order valence-corrected chi connectivity index (χ4v) is 7.00. The lowest BCUT2D eigenvalue weighted by Gasteiger charge is -2.48. The van der Waals surface area contributed by atoms with Gasteiger partial charge in [0.1, 0.15) is 23.3 Å². The van der Waals surface area contributed by atoms with Crippen LogP contribution in [0.3, 0.4) is 0 Å². The van der Waals surface area contributed by atoms with Gasteiger partial charge in [0, 0.05) is 48.3 Å². The molecule has 9 nitrogen and oxygen atoms in total. The first-order valence-electron chi connectivity index (χ1n) is 15.0. The Morgan fingerprint density at radius 3 is 2.60 bits per heavy atom. The molecule has 3 aromatic rings. The van der Waals surface area contributed by atoms with Crippen molar-refractivity contribution in [2.45, 2.75) is 77.9 Å². The van der Waals surface area contributed by atoms with Crippen LogP contribution in [0.15, 0.2) is 24.5 Å². The summed E-state index contributed by atoms with van der Waals surface area (Å²) in [7, 11) is 0. The number of aromatic nitrogens is 2. The number of nitrogens with one attached hydrogen (secondary N) is 1. The van der Waals surface area contributed by atoms with Crippen LogP contribution in [-0.4, -0.2) is 53.5 Å². The molecule has 0 unspecified atom stereocenters. The molecule has 1 spiro atoms. The van der Waals surface area contributed by atoms with Crippen LogP contribution in [0.25, 0.3) is 21.9 Å². The molecule has 0 atom stereocenters. The largest absolute Gasteiger partial charge is 0.446 e. The summed E-state index contributed by atoms with van der Waals surface area (Å²) in [6.45, 7) is 10.1. The van der Waals surface area contributed by atoms with E-state index in [4.69, 9.17) is 21.1 Å². The Morgan fingerprint density at radius 2 is 1.88 bits per heavy atom. The second kappa shape index (κ2) is 11.2. The van der Waals surface area contributed by atoms with Crippen LogP contribution in [0, 0.1) is 18.2 Å². The second-order valence-electron chi connectivity index (χ2n) is 13.1. The van der Waals surface area contributed by atoms with Crippen molar-refractivity contribution in [2.24, 2.45) is 5.41 Å². The lowest BCUT2D eigenvalue weighted by atomic mass is 9.62. The number of hydrogen-bond donors (Lipinski definition) is 2. The molecule has 2 amide bonds. The number of amides is 2. The van der Waals surface area contributed by atoms with Crippen molar-refractivity contribution in [3.63, 3.8) is 0 Å². The number of rotatable bonds is 3. The van der Waals surface area contributed by atoms with E-state index in [0.717, 1.165) is 38.0 Å². The number of hydrogen-bond acceptors (Lipinski definition) is 6. The minimum atomic E-state index is -0.661. The molecule has 1 saturated carbocycles. The molecule has 2 aromatic heterocycles. The minimum Gasteiger partial charge on any atom is -0.446 e. The standard InChI is InChI=1S/C32H37ClFN5O4/c1-18-22(16-36-24-6-5-11-39(28(18)24)30(41)43-31(2,3)4)21-12-19-13-25(37-17-23(19)26(33)27(21)34)38-29(40)42-20-14-32(15-20)7-9-35-10-8-32/h12-13,16-17,20,35H,5-11,14-15H2,1-4H3,(H,37,38,40)/p+1. The minimum absolute atomic E-state index is 0.0836. The number of nitrogens with zero attached hydrogens (tertiary/aromatic N) is 3. The molecule has 1 saturated heterocycles. The van der Waals surface area contributed by atoms with Crippen LogP contribution < -0.4 is 15.5 Å². The molecular weight excluding hydrogens is 573 g/mol. The molecule has 1 aromatic carbocycles. The Bertz CT molecular complexity index is 1590. The number of nitrogens with two attached hydrogens (primary N) is 1. The van der Waals surface area contributed by atoms with Crippen LogP contribution in [0.4, 0.5) is 25.5 Å². The smallest absolute Gasteiger partial charge is 0.414 e. The van der Waals surface area contributed by atoms with E-state index in [1.54, 1.807) is 23.2 Å². The van der Waals surface area contributed by atoms with Gasteiger partial charge in [-0.05, 0) is 81.9 Å². The highest BCUT2D eigenvalue weighted by Gasteiger charge is 2.47. The summed E-state index contributed by atoms with van der Waals surface area (Å²) in [6.07, 6.45) is 7.54. The molecular formula is C32H38ClFN5O4+. The maximum Gasteiger partial charge on any atom is 0.414 e. The van der Waals surface area contributed by atoms with Gasteiger partial charge in [0.05, 0.1) is 29.5 Å². The fourth-order valence-electron chi connectivity index (χ4n) is 6.74. The number of carbonyl (C=O) groups excluding carboxylic acids is 2. The zero-order chi connectivity index (χ0) is 30.5. The Kier molecular flexibility index (Phi) is 7.71. The number of halogens is 2. The Balaban J connectivity index is 1.26. The van der Waals surface area contributed by atoms with Gasteiger partial charge in [0.2, 0.25) is 0 Å². The summed E-state index contributed by atoms with van der Waals surface area (Å²) in [6, 6.07) is 3.32. The molecule has 3 N–H and O–H groups in total. The van der Waals surface area contributed by atoms with Gasteiger partial charge in [-0.15, -0.1) is 0 Å². The zero-order valence-corrected chi connectivity index (χ0v) is 25.8. The maximum atomic E-state index is 15.8. The number of pyridine rings is 2. The molecule has 3 aliphatic rings. The summed E-state index contributed by atoms with van der Waals surface area (Å²) in [4.78, 5) is 36.3. The number of anilines is 2. The van der Waals surface area contributed by atoms with Crippen molar-refractivity contribution in [1.29, 1.82) is 0 Å². The highest BCUT2D eigenvalue weighted by Crippen LogP contribution is 2.48. The molecule has 1 aliphatic carbocycles. The number of ether oxygens (including phenoxy) is 2. The van der Waals surface area contributed by atoms with Crippen molar-refractivity contribution in [3.05, 3.63) is 46.6 Å². The van der Waals surface area contributed by atoms with E-state index in [-0.39, 0.29) is 22.5 Å². The highest BCUT2D eigenvalue weighted by atomic mass is 35.5. The SMILES string of the molecule is Cc1c(-c2cc3cc(NC(=O)OC4CC5(CC[NH2+]CC5)C4)ncc3c(Cl)c2F)cnc2c1N(C(=O)OC(C)(C)C)CCC2. The van der Waals surface area contributed by atoms with Crippen LogP contribution in [0.1, 0.15) is 64.1 Å². The van der Waals surface area contributed by atoms with E-state index in [1.807, 2.05) is 27.7 Å². The van der Waals surface area contributed by atoms with Gasteiger partial charge in [-0.3, -0.25) is 15.2 Å². The number of aryl methyl sites for hydroxylation is 1. The maximum absolute atomic E-state index is 15.8. The molecule has 4 heterocycles. The van der Waals surface area contributed by atoms with Crippen LogP contribution in [0.2, 0.25) is 5.02 Å². The average Bonchev–Trinajstić information content (AvgIpc) is 2.94. The molecule has 6 rings (SSSR count). The van der Waals surface area contributed by atoms with E-state index in [2.05, 4.69) is 20.6 Å². The van der Waals surface area contributed by atoms with Crippen molar-refractivity contribution < 1.29 is 28.8 Å². The number of benzene rings is 1. The number of quaternary nitrogens is 1. The summed E-state index contributed by atoms with van der Waals surface area (Å²) < 4.78 is 27.1. The van der Waals surface area contributed by atoms with E-state index in [1.165, 1.54) is 19.0 Å². The third-order valence-corrected chi connectivity index (χ3v) is 9.21. The van der Waals surface area contributed by atoms with Crippen molar-refractivity contribution in [1.82, 2.24) is 9.97 Å². The van der Waals surface area contributed by atoms with E-state index >= 15 is 4.39 Å². The predicted octanol–water partition coefficient (Wildman–Crippen LogP) is 6.14. The first-order valence-corrected chi connectivity index (χ1v) is 15.4. The summed E-state index contributed by atoms with van der Waals surface area (Å²) in [5.74, 6) is -0.330. The first kappa shape index (κ1) is 29.6. The quantitative estimate of drug-likeness (QED) is 0.369. The lowest BCUT2D eigenvalue weighted by Crippen LogP contribution is -2.87. The fraction of sp³-hybridized carbons (Fsp3) is 0.500. The van der Waals surface area contributed by atoms with Crippen molar-refractivity contribution in [3.8, 4) is 11.1 Å². The number of carbonyl (C=O) groups is 2. The molecule has 2 aliphatic heterocycles. The normalized spacial score (nSPS) is 18.2. The van der Waals surface area contributed by atoms with E-state index < -0.39 is 23.6 Å². The topological polar surface area (TPSA) is 110 Å². The third-order valence-electron chi connectivity index (χ3n) is 8.84. The first-order chi connectivity index (χ1) is 20.4. The molecule has 11 heteroatoms. The summed E-state index contributed by atoms with van der Waals surface area (Å²) in [5, 5.41) is 5.98. The number of fused-ring (bicyclic) bond motifs is 2. The van der Waals surface area contributed by atoms with E-state index in [0.29, 0.717) is 46.0 Å². The van der Waals surface area contributed by atoms with Crippen LogP contribution >= 0.6 is 11.6 Å². The molecule has 228 valence electrons. The van der Waals surface area contributed by atoms with Crippen LogP contribution in [0.5, 0.6) is 0 Å². The molecule has 43 heavy (non-hydrogen) atoms. The van der Waals surface area contributed by atoms with Crippen molar-refractivity contribution >= 4 is 46.1 Å². The zero-order valence-electron chi connectivity index (χ0n) is 25.1. The Labute approximate surface area is 255 Å². The summed E-state index contributed by atoms with van der Waals surface area (Å²) in [5.41, 5.74) is 2.52. The van der Waals surface area contributed by atoms with Gasteiger partial charge in [-0.2, -0.15) is 0 Å². The van der Waals surface area contributed by atoms with Gasteiger partial charge in [-0.1, -0.05) is 11.6 Å². The second-order valence-corrected chi connectivity index (χ2v) is 13.5. The third kappa shape index (κ3) is 5.87. The number of piperidine rings is 1. The van der Waals surface area contributed by atoms with Gasteiger partial charge in [0.15, 0.2) is 0 Å². The van der Waals surface area contributed by atoms with Gasteiger partial charge in [-0.25, -0.2) is 19.0 Å². The van der Waals surface area contributed by atoms with E-state index in [9.17, 15) is 9.59 Å². The van der Waals surface area contributed by atoms with Gasteiger partial charge < -0.3 is 14.8 Å². The summed E-state index contributed by atoms with van der Waals surface area (Å²) >= 11 is 6.52. The predicted molar refractivity (Wildman–Crippen MR) is 163 cm³/mol. The Hall–Kier alpha value is -3.50. The van der Waals surface area contributed by atoms with Crippen molar-refractivity contribution in [2.75, 3.05) is 29.9 Å². The molecule has 0 radical (unpaired) electrons. The lowest BCUT2D eigenvalue weighted by molar-refractivity contribution is -0.669. The Morgan fingerprint density at radius 1 is 1.14 bits per heavy atom. The molecule has 0 bridgehead atoms. The monoisotopic (exact) mass is 610 g/mol. The average molecular weight is 611 g/mol. The highest BCUT2D eigenvalue weighted by molar-refractivity contribution is 6.36. The van der Waals surface area contributed by atoms with Gasteiger partial charge in [0.25, 0.3) is 0 Å².